The molecule has 29 heavy (non-hydrogen) atoms. The van der Waals surface area contributed by atoms with Crippen molar-refractivity contribution in [3.63, 3.8) is 0 Å². The highest BCUT2D eigenvalue weighted by Crippen LogP contribution is 2.31. The fraction of sp³-hybridized carbons (Fsp3) is 0.150. The SMILES string of the molecule is CCOC(=O)c1sc(NC(=O)CS(=O)(=O)c2ccccc2)nc1-c1ccccc1. The molecule has 0 saturated heterocycles. The summed E-state index contributed by atoms with van der Waals surface area (Å²) in [6.45, 7) is 1.89. The lowest BCUT2D eigenvalue weighted by Crippen LogP contribution is -2.22. The van der Waals surface area contributed by atoms with Crippen LogP contribution in [0.3, 0.4) is 0 Å². The van der Waals surface area contributed by atoms with E-state index in [0.717, 1.165) is 11.3 Å². The van der Waals surface area contributed by atoms with Crippen LogP contribution < -0.4 is 5.32 Å². The molecule has 0 aliphatic carbocycles. The number of hydrogen-bond acceptors (Lipinski definition) is 7. The van der Waals surface area contributed by atoms with E-state index in [9.17, 15) is 18.0 Å². The number of carbonyl (C=O) groups is 2. The van der Waals surface area contributed by atoms with E-state index in [1.54, 1.807) is 49.4 Å². The maximum absolute atomic E-state index is 12.4. The molecule has 0 spiro atoms. The van der Waals surface area contributed by atoms with Crippen LogP contribution in [0.4, 0.5) is 5.13 Å². The predicted octanol–water partition coefficient (Wildman–Crippen LogP) is 3.40. The molecule has 0 bridgehead atoms. The van der Waals surface area contributed by atoms with Crippen LogP contribution in [-0.4, -0.2) is 37.6 Å². The smallest absolute Gasteiger partial charge is 0.350 e. The molecule has 0 fully saturated rings. The minimum absolute atomic E-state index is 0.0616. The molecular weight excluding hydrogens is 412 g/mol. The number of nitrogens with zero attached hydrogens (tertiary/aromatic N) is 1. The van der Waals surface area contributed by atoms with Gasteiger partial charge in [-0.25, -0.2) is 18.2 Å². The van der Waals surface area contributed by atoms with Gasteiger partial charge in [0, 0.05) is 5.56 Å². The molecule has 1 N–H and O–H groups in total. The Morgan fingerprint density at radius 1 is 1.03 bits per heavy atom. The number of rotatable bonds is 7. The molecule has 1 aromatic heterocycles. The lowest BCUT2D eigenvalue weighted by Gasteiger charge is -2.04. The average molecular weight is 431 g/mol. The molecule has 0 radical (unpaired) electrons. The fourth-order valence-corrected chi connectivity index (χ4v) is 4.59. The first-order valence-corrected chi connectivity index (χ1v) is 11.2. The second-order valence-corrected chi connectivity index (χ2v) is 8.89. The Bertz CT molecular complexity index is 1110. The molecule has 0 aliphatic heterocycles. The van der Waals surface area contributed by atoms with Gasteiger partial charge in [-0.3, -0.25) is 4.79 Å². The third-order valence-electron chi connectivity index (χ3n) is 3.81. The second kappa shape index (κ2) is 8.97. The third-order valence-corrected chi connectivity index (χ3v) is 6.39. The van der Waals surface area contributed by atoms with Gasteiger partial charge in [-0.1, -0.05) is 59.9 Å². The van der Waals surface area contributed by atoms with E-state index >= 15 is 0 Å². The van der Waals surface area contributed by atoms with Crippen molar-refractivity contribution in [2.75, 3.05) is 17.7 Å². The maximum Gasteiger partial charge on any atom is 0.350 e. The van der Waals surface area contributed by atoms with Crippen molar-refractivity contribution in [3.8, 4) is 11.3 Å². The van der Waals surface area contributed by atoms with Gasteiger partial charge >= 0.3 is 5.97 Å². The number of hydrogen-bond donors (Lipinski definition) is 1. The molecule has 0 saturated carbocycles. The summed E-state index contributed by atoms with van der Waals surface area (Å²) in [5.74, 6) is -2.02. The highest BCUT2D eigenvalue weighted by Gasteiger charge is 2.24. The van der Waals surface area contributed by atoms with Gasteiger partial charge in [-0.05, 0) is 19.1 Å². The lowest BCUT2D eigenvalue weighted by molar-refractivity contribution is -0.113. The van der Waals surface area contributed by atoms with E-state index in [-0.39, 0.29) is 21.5 Å². The lowest BCUT2D eigenvalue weighted by atomic mass is 10.1. The molecule has 150 valence electrons. The first kappa shape index (κ1) is 20.7. The summed E-state index contributed by atoms with van der Waals surface area (Å²) >= 11 is 0.940. The van der Waals surface area contributed by atoms with Crippen molar-refractivity contribution >= 4 is 38.2 Å². The van der Waals surface area contributed by atoms with Crippen LogP contribution in [0, 0.1) is 0 Å². The van der Waals surface area contributed by atoms with Crippen molar-refractivity contribution in [1.82, 2.24) is 4.98 Å². The largest absolute Gasteiger partial charge is 0.462 e. The number of nitrogens with one attached hydrogen (secondary N) is 1. The Labute approximate surface area is 172 Å². The van der Waals surface area contributed by atoms with Crippen molar-refractivity contribution in [1.29, 1.82) is 0 Å². The van der Waals surface area contributed by atoms with Gasteiger partial charge in [-0.15, -0.1) is 0 Å². The summed E-state index contributed by atoms with van der Waals surface area (Å²) in [6.07, 6.45) is 0. The van der Waals surface area contributed by atoms with Crippen molar-refractivity contribution in [2.45, 2.75) is 11.8 Å². The summed E-state index contributed by atoms with van der Waals surface area (Å²) in [7, 11) is -3.79. The molecular formula is C20H18N2O5S2. The molecule has 1 amide bonds. The minimum Gasteiger partial charge on any atom is -0.462 e. The van der Waals surface area contributed by atoms with Crippen LogP contribution >= 0.6 is 11.3 Å². The number of sulfone groups is 1. The molecule has 0 aliphatic rings. The van der Waals surface area contributed by atoms with E-state index < -0.39 is 27.5 Å². The first-order valence-electron chi connectivity index (χ1n) is 8.71. The summed E-state index contributed by atoms with van der Waals surface area (Å²) in [6, 6.07) is 16.7. The van der Waals surface area contributed by atoms with Gasteiger partial charge < -0.3 is 10.1 Å². The van der Waals surface area contributed by atoms with Crippen LogP contribution in [0.15, 0.2) is 65.6 Å². The molecule has 7 nitrogen and oxygen atoms in total. The Hall–Kier alpha value is -3.04. The molecule has 0 unspecified atom stereocenters. The number of benzene rings is 2. The molecule has 2 aromatic carbocycles. The predicted molar refractivity (Wildman–Crippen MR) is 111 cm³/mol. The molecule has 1 heterocycles. The zero-order valence-corrected chi connectivity index (χ0v) is 17.1. The number of amides is 1. The Morgan fingerprint density at radius 3 is 2.28 bits per heavy atom. The standard InChI is InChI=1S/C20H18N2O5S2/c1-2-27-19(24)18-17(14-9-5-3-6-10-14)22-20(28-18)21-16(23)13-29(25,26)15-11-7-4-8-12-15/h3-12H,2,13H2,1H3,(H,21,22,23). The molecule has 0 atom stereocenters. The molecule has 3 aromatic rings. The zero-order valence-electron chi connectivity index (χ0n) is 15.5. The van der Waals surface area contributed by atoms with Gasteiger partial charge in [0.1, 0.15) is 10.6 Å². The number of carbonyl (C=O) groups excluding carboxylic acids is 2. The van der Waals surface area contributed by atoms with Gasteiger partial charge in [0.05, 0.1) is 17.2 Å². The molecule has 3 rings (SSSR count). The number of thiazole rings is 1. The Balaban J connectivity index is 1.84. The number of ether oxygens (including phenoxy) is 1. The summed E-state index contributed by atoms with van der Waals surface area (Å²) in [5.41, 5.74) is 1.06. The average Bonchev–Trinajstić information content (AvgIpc) is 3.13. The van der Waals surface area contributed by atoms with Crippen molar-refractivity contribution in [2.24, 2.45) is 0 Å². The second-order valence-electron chi connectivity index (χ2n) is 5.90. The Kier molecular flexibility index (Phi) is 6.40. The van der Waals surface area contributed by atoms with E-state index in [1.165, 1.54) is 12.1 Å². The van der Waals surface area contributed by atoms with E-state index in [2.05, 4.69) is 10.3 Å². The van der Waals surface area contributed by atoms with E-state index in [0.29, 0.717) is 11.3 Å². The first-order chi connectivity index (χ1) is 13.9. The number of esters is 1. The van der Waals surface area contributed by atoms with E-state index in [1.807, 2.05) is 6.07 Å². The van der Waals surface area contributed by atoms with Gasteiger partial charge in [0.2, 0.25) is 5.91 Å². The summed E-state index contributed by atoms with van der Waals surface area (Å²) in [5, 5.41) is 2.60. The zero-order chi connectivity index (χ0) is 20.9. The topological polar surface area (TPSA) is 102 Å². The van der Waals surface area contributed by atoms with Crippen molar-refractivity contribution in [3.05, 3.63) is 65.5 Å². The van der Waals surface area contributed by atoms with Crippen molar-refractivity contribution < 1.29 is 22.7 Å². The summed E-state index contributed by atoms with van der Waals surface area (Å²) < 4.78 is 29.8. The van der Waals surface area contributed by atoms with Crippen LogP contribution in [0.25, 0.3) is 11.3 Å². The highest BCUT2D eigenvalue weighted by atomic mass is 32.2. The van der Waals surface area contributed by atoms with Gasteiger partial charge in [0.15, 0.2) is 15.0 Å². The van der Waals surface area contributed by atoms with Crippen LogP contribution in [0.1, 0.15) is 16.6 Å². The fourth-order valence-electron chi connectivity index (χ4n) is 2.54. The van der Waals surface area contributed by atoms with Crippen LogP contribution in [0.2, 0.25) is 0 Å². The Morgan fingerprint density at radius 2 is 1.66 bits per heavy atom. The normalized spacial score (nSPS) is 11.1. The number of anilines is 1. The van der Waals surface area contributed by atoms with Gasteiger partial charge in [-0.2, -0.15) is 0 Å². The number of aromatic nitrogens is 1. The van der Waals surface area contributed by atoms with Crippen LogP contribution in [0.5, 0.6) is 0 Å². The quantitative estimate of drug-likeness (QED) is 0.577. The van der Waals surface area contributed by atoms with Gasteiger partial charge in [0.25, 0.3) is 0 Å². The van der Waals surface area contributed by atoms with E-state index in [4.69, 9.17) is 4.74 Å². The monoisotopic (exact) mass is 430 g/mol. The molecule has 9 heteroatoms. The highest BCUT2D eigenvalue weighted by molar-refractivity contribution is 7.92. The maximum atomic E-state index is 12.4. The van der Waals surface area contributed by atoms with Crippen LogP contribution in [-0.2, 0) is 19.4 Å². The minimum atomic E-state index is -3.79. The summed E-state index contributed by atoms with van der Waals surface area (Å²) in [4.78, 5) is 29.2. The third kappa shape index (κ3) is 5.07.